The molecule has 3 nitrogen and oxygen atoms in total. The molecule has 0 fully saturated rings. The Balaban J connectivity index is 2.41. The number of fused-ring (bicyclic) bond motifs is 1. The molecule has 1 aromatic carbocycles. The molecule has 1 aromatic heterocycles. The Bertz CT molecular complexity index is 620. The summed E-state index contributed by atoms with van der Waals surface area (Å²) in [5, 5.41) is 4.70. The molecule has 0 spiro atoms. The molecular weight excluding hydrogens is 260 g/mol. The molecule has 1 N–H and O–H groups in total. The average molecular weight is 286 g/mol. The van der Waals surface area contributed by atoms with Crippen LogP contribution < -0.4 is 5.32 Å². The van der Waals surface area contributed by atoms with Crippen LogP contribution in [0.4, 0.5) is 0 Å². The lowest BCUT2D eigenvalue weighted by Crippen LogP contribution is -2.19. The van der Waals surface area contributed by atoms with E-state index >= 15 is 0 Å². The van der Waals surface area contributed by atoms with Gasteiger partial charge in [0.25, 0.3) is 0 Å². The van der Waals surface area contributed by atoms with Crippen molar-refractivity contribution in [3.8, 4) is 0 Å². The van der Waals surface area contributed by atoms with Crippen molar-refractivity contribution < 1.29 is 4.74 Å². The molecular formula is C18H26N2O. The van der Waals surface area contributed by atoms with E-state index < -0.39 is 0 Å². The van der Waals surface area contributed by atoms with Gasteiger partial charge in [0.15, 0.2) is 0 Å². The average Bonchev–Trinajstić information content (AvgIpc) is 2.44. The second kappa shape index (κ2) is 7.01. The van der Waals surface area contributed by atoms with Gasteiger partial charge in [-0.3, -0.25) is 4.98 Å². The molecule has 0 atom stereocenters. The highest BCUT2D eigenvalue weighted by atomic mass is 16.5. The Morgan fingerprint density at radius 1 is 1.14 bits per heavy atom. The van der Waals surface area contributed by atoms with Crippen molar-refractivity contribution >= 4 is 10.9 Å². The Labute approximate surface area is 127 Å². The van der Waals surface area contributed by atoms with Crippen LogP contribution in [-0.4, -0.2) is 25.2 Å². The topological polar surface area (TPSA) is 34.1 Å². The minimum absolute atomic E-state index is 0.439. The van der Waals surface area contributed by atoms with Crippen LogP contribution in [0.15, 0.2) is 18.2 Å². The fraction of sp³-hybridized carbons (Fsp3) is 0.500. The van der Waals surface area contributed by atoms with E-state index in [1.165, 1.54) is 22.1 Å². The summed E-state index contributed by atoms with van der Waals surface area (Å²) < 4.78 is 5.09. The molecule has 0 unspecified atom stereocenters. The van der Waals surface area contributed by atoms with Crippen molar-refractivity contribution in [2.24, 2.45) is 0 Å². The lowest BCUT2D eigenvalue weighted by molar-refractivity contribution is 0.199. The maximum absolute atomic E-state index is 5.09. The van der Waals surface area contributed by atoms with E-state index in [0.29, 0.717) is 5.92 Å². The molecule has 2 aromatic rings. The Morgan fingerprint density at radius 2 is 1.86 bits per heavy atom. The molecule has 0 aliphatic rings. The van der Waals surface area contributed by atoms with Gasteiger partial charge in [-0.25, -0.2) is 0 Å². The standard InChI is InChI=1S/C18H26N2O/c1-12(2)17-10-15(11-19-6-7-21-5)16-8-13(3)14(4)9-18(16)20-17/h8-10,12,19H,6-7,11H2,1-5H3. The summed E-state index contributed by atoms with van der Waals surface area (Å²) in [5.74, 6) is 0.439. The number of methoxy groups -OCH3 is 1. The first-order valence-corrected chi connectivity index (χ1v) is 7.63. The molecule has 21 heavy (non-hydrogen) atoms. The molecule has 0 saturated carbocycles. The lowest BCUT2D eigenvalue weighted by Gasteiger charge is -2.14. The zero-order valence-corrected chi connectivity index (χ0v) is 13.8. The monoisotopic (exact) mass is 286 g/mol. The van der Waals surface area contributed by atoms with Crippen molar-refractivity contribution in [1.29, 1.82) is 0 Å². The van der Waals surface area contributed by atoms with E-state index in [9.17, 15) is 0 Å². The van der Waals surface area contributed by atoms with Crippen LogP contribution in [0.5, 0.6) is 0 Å². The van der Waals surface area contributed by atoms with Crippen LogP contribution in [0, 0.1) is 13.8 Å². The number of ether oxygens (including phenoxy) is 1. The number of hydrogen-bond acceptors (Lipinski definition) is 3. The second-order valence-electron chi connectivity index (χ2n) is 5.98. The number of nitrogens with one attached hydrogen (secondary N) is 1. The van der Waals surface area contributed by atoms with Gasteiger partial charge < -0.3 is 10.1 Å². The zero-order chi connectivity index (χ0) is 15.4. The Kier molecular flexibility index (Phi) is 5.32. The van der Waals surface area contributed by atoms with Gasteiger partial charge in [0, 0.05) is 31.3 Å². The number of rotatable bonds is 6. The molecule has 0 radical (unpaired) electrons. The second-order valence-corrected chi connectivity index (χ2v) is 5.98. The van der Waals surface area contributed by atoms with Crippen LogP contribution in [0.2, 0.25) is 0 Å². The Hall–Kier alpha value is -1.45. The SMILES string of the molecule is COCCNCc1cc(C(C)C)nc2cc(C)c(C)cc12. The van der Waals surface area contributed by atoms with Crippen molar-refractivity contribution in [2.75, 3.05) is 20.3 Å². The number of benzene rings is 1. The van der Waals surface area contributed by atoms with Gasteiger partial charge in [-0.1, -0.05) is 13.8 Å². The third kappa shape index (κ3) is 3.80. The zero-order valence-electron chi connectivity index (χ0n) is 13.8. The first kappa shape index (κ1) is 15.9. The number of aryl methyl sites for hydroxylation is 2. The van der Waals surface area contributed by atoms with Crippen LogP contribution >= 0.6 is 0 Å². The van der Waals surface area contributed by atoms with Gasteiger partial charge in [-0.15, -0.1) is 0 Å². The fourth-order valence-electron chi connectivity index (χ4n) is 2.42. The lowest BCUT2D eigenvalue weighted by atomic mass is 9.99. The highest BCUT2D eigenvalue weighted by Crippen LogP contribution is 2.25. The molecule has 3 heteroatoms. The van der Waals surface area contributed by atoms with Crippen molar-refractivity contribution in [3.05, 3.63) is 40.6 Å². The van der Waals surface area contributed by atoms with Gasteiger partial charge in [0.2, 0.25) is 0 Å². The van der Waals surface area contributed by atoms with Crippen LogP contribution in [0.3, 0.4) is 0 Å². The number of hydrogen-bond donors (Lipinski definition) is 1. The van der Waals surface area contributed by atoms with Crippen LogP contribution in [-0.2, 0) is 11.3 Å². The molecule has 0 aliphatic carbocycles. The third-order valence-electron chi connectivity index (χ3n) is 3.92. The molecule has 114 valence electrons. The van der Waals surface area contributed by atoms with E-state index in [0.717, 1.165) is 30.9 Å². The number of nitrogens with zero attached hydrogens (tertiary/aromatic N) is 1. The number of aromatic nitrogens is 1. The van der Waals surface area contributed by atoms with Gasteiger partial charge >= 0.3 is 0 Å². The molecule has 0 aliphatic heterocycles. The predicted molar refractivity (Wildman–Crippen MR) is 88.9 cm³/mol. The van der Waals surface area contributed by atoms with Crippen molar-refractivity contribution in [3.63, 3.8) is 0 Å². The smallest absolute Gasteiger partial charge is 0.0711 e. The van der Waals surface area contributed by atoms with E-state index in [1.54, 1.807) is 7.11 Å². The summed E-state index contributed by atoms with van der Waals surface area (Å²) in [6, 6.07) is 6.70. The third-order valence-corrected chi connectivity index (χ3v) is 3.92. The fourth-order valence-corrected chi connectivity index (χ4v) is 2.42. The highest BCUT2D eigenvalue weighted by molar-refractivity contribution is 5.84. The van der Waals surface area contributed by atoms with E-state index in [2.05, 4.69) is 51.2 Å². The maximum atomic E-state index is 5.09. The van der Waals surface area contributed by atoms with Crippen LogP contribution in [0.1, 0.15) is 42.1 Å². The quantitative estimate of drug-likeness (QED) is 0.822. The summed E-state index contributed by atoms with van der Waals surface area (Å²) in [6.45, 7) is 11.1. The summed E-state index contributed by atoms with van der Waals surface area (Å²) in [4.78, 5) is 4.83. The van der Waals surface area contributed by atoms with E-state index in [1.807, 2.05) is 0 Å². The normalized spacial score (nSPS) is 11.5. The van der Waals surface area contributed by atoms with Crippen molar-refractivity contribution in [1.82, 2.24) is 10.3 Å². The van der Waals surface area contributed by atoms with Gasteiger partial charge in [-0.05, 0) is 54.7 Å². The number of pyridine rings is 1. The summed E-state index contributed by atoms with van der Waals surface area (Å²) in [5.41, 5.74) is 6.21. The largest absolute Gasteiger partial charge is 0.383 e. The molecule has 0 saturated heterocycles. The Morgan fingerprint density at radius 3 is 2.52 bits per heavy atom. The maximum Gasteiger partial charge on any atom is 0.0711 e. The van der Waals surface area contributed by atoms with Gasteiger partial charge in [0.05, 0.1) is 12.1 Å². The van der Waals surface area contributed by atoms with Crippen molar-refractivity contribution in [2.45, 2.75) is 40.2 Å². The predicted octanol–water partition coefficient (Wildman–Crippen LogP) is 3.71. The first-order chi connectivity index (χ1) is 10.0. The highest BCUT2D eigenvalue weighted by Gasteiger charge is 2.10. The minimum Gasteiger partial charge on any atom is -0.383 e. The minimum atomic E-state index is 0.439. The van der Waals surface area contributed by atoms with Gasteiger partial charge in [-0.2, -0.15) is 0 Å². The van der Waals surface area contributed by atoms with Gasteiger partial charge in [0.1, 0.15) is 0 Å². The summed E-state index contributed by atoms with van der Waals surface area (Å²) in [6.07, 6.45) is 0. The van der Waals surface area contributed by atoms with Crippen LogP contribution in [0.25, 0.3) is 10.9 Å². The first-order valence-electron chi connectivity index (χ1n) is 7.63. The molecule has 2 rings (SSSR count). The molecule has 1 heterocycles. The molecule has 0 bridgehead atoms. The summed E-state index contributed by atoms with van der Waals surface area (Å²) in [7, 11) is 1.73. The molecule has 0 amide bonds. The summed E-state index contributed by atoms with van der Waals surface area (Å²) >= 11 is 0. The van der Waals surface area contributed by atoms with E-state index in [-0.39, 0.29) is 0 Å². The van der Waals surface area contributed by atoms with E-state index in [4.69, 9.17) is 9.72 Å².